The molecular formula is C50H36S. The fourth-order valence-corrected chi connectivity index (χ4v) is 11.1. The second-order valence-corrected chi connectivity index (χ2v) is 16.7. The summed E-state index contributed by atoms with van der Waals surface area (Å²) in [4.78, 5) is 0. The highest BCUT2D eigenvalue weighted by molar-refractivity contribution is 7.25. The van der Waals surface area contributed by atoms with Crippen LogP contribution < -0.4 is 0 Å². The molecule has 0 radical (unpaired) electrons. The number of benzene rings is 8. The molecule has 0 fully saturated rings. The van der Waals surface area contributed by atoms with Crippen molar-refractivity contribution in [1.82, 2.24) is 0 Å². The predicted octanol–water partition coefficient (Wildman–Crippen LogP) is 14.3. The summed E-state index contributed by atoms with van der Waals surface area (Å²) in [6.07, 6.45) is 0. The maximum Gasteiger partial charge on any atom is 0.0361 e. The highest BCUT2D eigenvalue weighted by atomic mass is 32.1. The van der Waals surface area contributed by atoms with Crippen LogP contribution in [-0.2, 0) is 10.8 Å². The predicted molar refractivity (Wildman–Crippen MR) is 220 cm³/mol. The van der Waals surface area contributed by atoms with Crippen molar-refractivity contribution in [3.05, 3.63) is 168 Å². The molecule has 0 nitrogen and oxygen atoms in total. The van der Waals surface area contributed by atoms with E-state index in [2.05, 4.69) is 173 Å². The molecule has 0 bridgehead atoms. The Balaban J connectivity index is 1.17. The molecule has 1 aromatic heterocycles. The Morgan fingerprint density at radius 2 is 0.961 bits per heavy atom. The fourth-order valence-electron chi connectivity index (χ4n) is 9.97. The van der Waals surface area contributed by atoms with E-state index >= 15 is 0 Å². The number of hydrogen-bond acceptors (Lipinski definition) is 1. The van der Waals surface area contributed by atoms with Gasteiger partial charge in [0.2, 0.25) is 0 Å². The first kappa shape index (κ1) is 29.3. The van der Waals surface area contributed by atoms with Gasteiger partial charge in [-0.25, -0.2) is 0 Å². The minimum atomic E-state index is -0.152. The molecule has 8 aromatic carbocycles. The lowest BCUT2D eigenvalue weighted by molar-refractivity contribution is 0.647. The molecule has 1 heteroatoms. The topological polar surface area (TPSA) is 0 Å². The van der Waals surface area contributed by atoms with Crippen LogP contribution in [0.15, 0.2) is 146 Å². The number of hydrogen-bond donors (Lipinski definition) is 0. The van der Waals surface area contributed by atoms with Crippen molar-refractivity contribution < 1.29 is 0 Å². The molecule has 2 aliphatic rings. The molecule has 242 valence electrons. The molecule has 0 N–H and O–H groups in total. The highest BCUT2D eigenvalue weighted by Gasteiger charge is 2.44. The lowest BCUT2D eigenvalue weighted by atomic mass is 9.76. The molecule has 51 heavy (non-hydrogen) atoms. The van der Waals surface area contributed by atoms with Gasteiger partial charge in [0.15, 0.2) is 0 Å². The quantitative estimate of drug-likeness (QED) is 0.161. The second-order valence-electron chi connectivity index (χ2n) is 15.6. The van der Waals surface area contributed by atoms with Gasteiger partial charge in [-0.05, 0) is 107 Å². The van der Waals surface area contributed by atoms with Crippen molar-refractivity contribution in [3.63, 3.8) is 0 Å². The molecule has 1 heterocycles. The van der Waals surface area contributed by atoms with E-state index in [1.165, 1.54) is 108 Å². The first-order valence-electron chi connectivity index (χ1n) is 18.1. The maximum absolute atomic E-state index is 2.52. The third-order valence-electron chi connectivity index (χ3n) is 12.2. The Labute approximate surface area is 302 Å². The molecule has 0 saturated carbocycles. The Morgan fingerprint density at radius 1 is 0.373 bits per heavy atom. The van der Waals surface area contributed by atoms with E-state index in [0.29, 0.717) is 0 Å². The third kappa shape index (κ3) is 3.75. The fraction of sp³-hybridized carbons (Fsp3) is 0.120. The molecule has 0 spiro atoms. The standard InChI is InChI=1S/C50H36S/c1-49(2)39-21-11-9-18-36(39)47-40(49)27-26-35-30-25-24-29(28-41(30)50(3,4)48(35)47)44-31-14-5-7-16-33(31)45(34-17-8-6-15-32(34)44)38-20-13-23-43-46(38)37-19-10-12-22-42(37)51-43/h5-28H,1-4H3. The molecule has 0 amide bonds. The molecule has 0 aliphatic heterocycles. The van der Waals surface area contributed by atoms with Crippen molar-refractivity contribution in [1.29, 1.82) is 0 Å². The SMILES string of the molecule is CC1(C)c2ccccc2-c2c1ccc1c2C(C)(C)c2cc(-c3c4ccccc4c(-c4cccc5sc6ccccc6c45)c4ccccc34)ccc2-1. The van der Waals surface area contributed by atoms with Crippen molar-refractivity contribution >= 4 is 53.1 Å². The van der Waals surface area contributed by atoms with Crippen molar-refractivity contribution in [3.8, 4) is 44.5 Å². The van der Waals surface area contributed by atoms with E-state index < -0.39 is 0 Å². The smallest absolute Gasteiger partial charge is 0.0361 e. The Bertz CT molecular complexity index is 2910. The Kier molecular flexibility index (Phi) is 5.77. The summed E-state index contributed by atoms with van der Waals surface area (Å²) in [7, 11) is 0. The van der Waals surface area contributed by atoms with Gasteiger partial charge in [0.05, 0.1) is 0 Å². The molecule has 11 rings (SSSR count). The lowest BCUT2D eigenvalue weighted by Gasteiger charge is -2.26. The van der Waals surface area contributed by atoms with Crippen LogP contribution in [0.25, 0.3) is 86.2 Å². The zero-order chi connectivity index (χ0) is 34.2. The van der Waals surface area contributed by atoms with Crippen molar-refractivity contribution in [2.75, 3.05) is 0 Å². The molecule has 0 saturated heterocycles. The van der Waals surface area contributed by atoms with E-state index in [1.807, 2.05) is 11.3 Å². The third-order valence-corrected chi connectivity index (χ3v) is 13.4. The van der Waals surface area contributed by atoms with Crippen molar-refractivity contribution in [2.45, 2.75) is 38.5 Å². The summed E-state index contributed by atoms with van der Waals surface area (Å²) in [5.74, 6) is 0. The first-order valence-corrected chi connectivity index (χ1v) is 18.9. The summed E-state index contributed by atoms with van der Waals surface area (Å²) in [6.45, 7) is 9.67. The zero-order valence-corrected chi connectivity index (χ0v) is 30.1. The van der Waals surface area contributed by atoms with E-state index in [-0.39, 0.29) is 10.8 Å². The van der Waals surface area contributed by atoms with Gasteiger partial charge in [0.25, 0.3) is 0 Å². The van der Waals surface area contributed by atoms with Gasteiger partial charge in [0.1, 0.15) is 0 Å². The largest absolute Gasteiger partial charge is 0.135 e. The van der Waals surface area contributed by atoms with Gasteiger partial charge in [-0.15, -0.1) is 11.3 Å². The van der Waals surface area contributed by atoms with Crippen LogP contribution in [-0.4, -0.2) is 0 Å². The lowest BCUT2D eigenvalue weighted by Crippen LogP contribution is -2.18. The molecule has 0 unspecified atom stereocenters. The van der Waals surface area contributed by atoms with Crippen LogP contribution in [0.5, 0.6) is 0 Å². The zero-order valence-electron chi connectivity index (χ0n) is 29.3. The summed E-state index contributed by atoms with van der Waals surface area (Å²) in [5.41, 5.74) is 16.4. The average Bonchev–Trinajstić information content (AvgIpc) is 3.73. The van der Waals surface area contributed by atoms with E-state index in [0.717, 1.165) is 0 Å². The monoisotopic (exact) mass is 668 g/mol. The normalized spacial score (nSPS) is 15.0. The van der Waals surface area contributed by atoms with Gasteiger partial charge in [0, 0.05) is 31.0 Å². The van der Waals surface area contributed by atoms with Crippen LogP contribution in [0, 0.1) is 0 Å². The van der Waals surface area contributed by atoms with E-state index in [1.54, 1.807) is 0 Å². The van der Waals surface area contributed by atoms with Crippen molar-refractivity contribution in [2.24, 2.45) is 0 Å². The molecule has 9 aromatic rings. The van der Waals surface area contributed by atoms with Gasteiger partial charge < -0.3 is 0 Å². The highest BCUT2D eigenvalue weighted by Crippen LogP contribution is 2.59. The van der Waals surface area contributed by atoms with E-state index in [4.69, 9.17) is 0 Å². The minimum Gasteiger partial charge on any atom is -0.135 e. The minimum absolute atomic E-state index is 0.0177. The van der Waals surface area contributed by atoms with Gasteiger partial charge in [-0.3, -0.25) is 0 Å². The second kappa shape index (κ2) is 10.1. The number of fused-ring (bicyclic) bond motifs is 12. The van der Waals surface area contributed by atoms with Crippen LogP contribution in [0.4, 0.5) is 0 Å². The molecule has 2 aliphatic carbocycles. The number of rotatable bonds is 2. The Hall–Kier alpha value is -5.50. The molecular weight excluding hydrogens is 633 g/mol. The maximum atomic E-state index is 2.52. The summed E-state index contributed by atoms with van der Waals surface area (Å²) >= 11 is 1.89. The number of thiophene rings is 1. The van der Waals surface area contributed by atoms with Gasteiger partial charge in [-0.2, -0.15) is 0 Å². The van der Waals surface area contributed by atoms with Crippen LogP contribution in [0.3, 0.4) is 0 Å². The summed E-state index contributed by atoms with van der Waals surface area (Å²) in [6, 6.07) is 55.1. The van der Waals surface area contributed by atoms with Crippen LogP contribution >= 0.6 is 11.3 Å². The average molecular weight is 669 g/mol. The summed E-state index contributed by atoms with van der Waals surface area (Å²) in [5, 5.41) is 7.89. The summed E-state index contributed by atoms with van der Waals surface area (Å²) < 4.78 is 2.67. The van der Waals surface area contributed by atoms with Gasteiger partial charge >= 0.3 is 0 Å². The van der Waals surface area contributed by atoms with Gasteiger partial charge in [-0.1, -0.05) is 155 Å². The van der Waals surface area contributed by atoms with E-state index in [9.17, 15) is 0 Å². The van der Waals surface area contributed by atoms with Crippen LogP contribution in [0.1, 0.15) is 49.9 Å². The Morgan fingerprint density at radius 3 is 1.71 bits per heavy atom. The first-order chi connectivity index (χ1) is 24.8. The van der Waals surface area contributed by atoms with Crippen LogP contribution in [0.2, 0.25) is 0 Å². The molecule has 0 atom stereocenters.